The fourth-order valence-corrected chi connectivity index (χ4v) is 2.26. The number of hydrogen-bond acceptors (Lipinski definition) is 5. The molecule has 0 amide bonds. The van der Waals surface area contributed by atoms with E-state index >= 15 is 0 Å². The average Bonchev–Trinajstić information content (AvgIpc) is 3.29. The van der Waals surface area contributed by atoms with Gasteiger partial charge in [0, 0.05) is 18.5 Å². The van der Waals surface area contributed by atoms with Gasteiger partial charge >= 0.3 is 5.97 Å². The minimum absolute atomic E-state index is 0.0105. The maximum atomic E-state index is 12.6. The third-order valence-electron chi connectivity index (χ3n) is 3.00. The first-order valence-corrected chi connectivity index (χ1v) is 7.82. The smallest absolute Gasteiger partial charge is 0.322 e. The van der Waals surface area contributed by atoms with E-state index in [1.54, 1.807) is 6.92 Å². The summed E-state index contributed by atoms with van der Waals surface area (Å²) < 4.78 is 4.92. The highest BCUT2D eigenvalue weighted by atomic mass is 35.5. The van der Waals surface area contributed by atoms with Crippen molar-refractivity contribution in [2.75, 3.05) is 6.61 Å². The Morgan fingerprint density at radius 1 is 1.41 bits per heavy atom. The van der Waals surface area contributed by atoms with Gasteiger partial charge in [-0.05, 0) is 19.8 Å². The number of hydrogen-bond donors (Lipinski definition) is 0. The second-order valence-corrected chi connectivity index (χ2v) is 5.83. The average molecular weight is 364 g/mol. The molecule has 0 N–H and O–H groups in total. The van der Waals surface area contributed by atoms with Gasteiger partial charge in [0.05, 0.1) is 22.2 Å². The first kappa shape index (κ1) is 17.2. The largest absolute Gasteiger partial charge is 0.465 e. The number of nitrogens with zero attached hydrogens (tertiary/aromatic N) is 2. The lowest BCUT2D eigenvalue weighted by molar-refractivity contribution is -0.143. The van der Waals surface area contributed by atoms with Gasteiger partial charge in [-0.15, -0.1) is 0 Å². The van der Waals surface area contributed by atoms with Crippen LogP contribution in [-0.2, 0) is 9.53 Å². The van der Waals surface area contributed by atoms with E-state index in [4.69, 9.17) is 39.5 Å². The third kappa shape index (κ3) is 3.97. The molecule has 118 valence electrons. The zero-order valence-electron chi connectivity index (χ0n) is 11.7. The zero-order chi connectivity index (χ0) is 16.3. The molecule has 1 unspecified atom stereocenters. The number of pyridine rings is 1. The summed E-state index contributed by atoms with van der Waals surface area (Å²) in [6, 6.07) is 0.173. The molecule has 1 atom stereocenters. The molecule has 1 heterocycles. The second kappa shape index (κ2) is 7.40. The van der Waals surface area contributed by atoms with Gasteiger partial charge in [-0.3, -0.25) is 14.6 Å². The predicted molar refractivity (Wildman–Crippen MR) is 85.2 cm³/mol. The molecule has 0 bridgehead atoms. The monoisotopic (exact) mass is 362 g/mol. The van der Waals surface area contributed by atoms with Crippen LogP contribution in [-0.4, -0.2) is 35.6 Å². The SMILES string of the molecule is CCOC(=O)C(C=NC1CC1)C(=O)c1cnc(Cl)c(Cl)c1Cl. The van der Waals surface area contributed by atoms with Gasteiger partial charge in [-0.1, -0.05) is 34.8 Å². The highest BCUT2D eigenvalue weighted by Gasteiger charge is 2.31. The summed E-state index contributed by atoms with van der Waals surface area (Å²) >= 11 is 17.6. The molecule has 1 aromatic heterocycles. The lowest BCUT2D eigenvalue weighted by Crippen LogP contribution is -2.28. The molecule has 8 heteroatoms. The van der Waals surface area contributed by atoms with Crippen molar-refractivity contribution in [1.82, 2.24) is 4.98 Å². The molecular weight excluding hydrogens is 351 g/mol. The summed E-state index contributed by atoms with van der Waals surface area (Å²) in [5.41, 5.74) is 0.0105. The minimum atomic E-state index is -1.17. The molecule has 0 aromatic carbocycles. The van der Waals surface area contributed by atoms with Crippen LogP contribution in [0.4, 0.5) is 0 Å². The molecule has 1 fully saturated rings. The van der Waals surface area contributed by atoms with Crippen molar-refractivity contribution >= 4 is 52.8 Å². The van der Waals surface area contributed by atoms with Gasteiger partial charge in [-0.25, -0.2) is 4.98 Å². The topological polar surface area (TPSA) is 68.6 Å². The molecule has 1 aliphatic rings. The number of esters is 1. The fourth-order valence-electron chi connectivity index (χ4n) is 1.68. The van der Waals surface area contributed by atoms with Crippen LogP contribution in [0.2, 0.25) is 15.2 Å². The first-order chi connectivity index (χ1) is 10.5. The van der Waals surface area contributed by atoms with E-state index in [0.29, 0.717) is 0 Å². The molecule has 22 heavy (non-hydrogen) atoms. The Bertz CT molecular complexity index is 630. The van der Waals surface area contributed by atoms with E-state index in [2.05, 4.69) is 9.98 Å². The normalized spacial score (nSPS) is 15.8. The van der Waals surface area contributed by atoms with Crippen LogP contribution in [0.15, 0.2) is 11.2 Å². The van der Waals surface area contributed by atoms with Gasteiger partial charge in [0.15, 0.2) is 11.7 Å². The molecule has 1 saturated carbocycles. The van der Waals surface area contributed by atoms with Crippen LogP contribution in [0.1, 0.15) is 30.1 Å². The lowest BCUT2D eigenvalue weighted by atomic mass is 10.00. The van der Waals surface area contributed by atoms with E-state index in [1.165, 1.54) is 12.4 Å². The molecular formula is C14H13Cl3N2O3. The van der Waals surface area contributed by atoms with E-state index in [9.17, 15) is 9.59 Å². The van der Waals surface area contributed by atoms with E-state index < -0.39 is 17.7 Å². The van der Waals surface area contributed by atoms with Crippen LogP contribution in [0.5, 0.6) is 0 Å². The quantitative estimate of drug-likeness (QED) is 0.254. The van der Waals surface area contributed by atoms with Crippen molar-refractivity contribution in [1.29, 1.82) is 0 Å². The van der Waals surface area contributed by atoms with Crippen molar-refractivity contribution in [3.8, 4) is 0 Å². The van der Waals surface area contributed by atoms with Crippen LogP contribution >= 0.6 is 34.8 Å². The Morgan fingerprint density at radius 2 is 2.09 bits per heavy atom. The standard InChI is InChI=1S/C14H13Cl3N2O3/c1-2-22-14(21)9(6-18-7-3-4-7)12(20)8-5-19-13(17)11(16)10(8)15/h5-7,9H,2-4H2,1H3. The Labute approximate surface area is 142 Å². The highest BCUT2D eigenvalue weighted by molar-refractivity contribution is 6.49. The Hall–Kier alpha value is -1.17. The van der Waals surface area contributed by atoms with Crippen LogP contribution in [0.25, 0.3) is 0 Å². The number of rotatable bonds is 6. The summed E-state index contributed by atoms with van der Waals surface area (Å²) in [5.74, 6) is -2.42. The summed E-state index contributed by atoms with van der Waals surface area (Å²) in [6.45, 7) is 1.82. The fraction of sp³-hybridized carbons (Fsp3) is 0.429. The molecule has 1 aromatic rings. The number of aliphatic imine (C=N–C) groups is 1. The van der Waals surface area contributed by atoms with Crippen molar-refractivity contribution in [3.63, 3.8) is 0 Å². The molecule has 0 spiro atoms. The minimum Gasteiger partial charge on any atom is -0.465 e. The van der Waals surface area contributed by atoms with Gasteiger partial charge in [-0.2, -0.15) is 0 Å². The van der Waals surface area contributed by atoms with Crippen LogP contribution in [0, 0.1) is 5.92 Å². The van der Waals surface area contributed by atoms with Crippen molar-refractivity contribution in [3.05, 3.63) is 27.0 Å². The summed E-state index contributed by atoms with van der Waals surface area (Å²) in [4.78, 5) is 32.5. The summed E-state index contributed by atoms with van der Waals surface area (Å²) in [7, 11) is 0. The summed E-state index contributed by atoms with van der Waals surface area (Å²) in [5, 5.41) is -0.0840. The first-order valence-electron chi connectivity index (χ1n) is 6.69. The van der Waals surface area contributed by atoms with Gasteiger partial charge < -0.3 is 4.74 Å². The number of halogens is 3. The molecule has 0 radical (unpaired) electrons. The molecule has 5 nitrogen and oxygen atoms in total. The van der Waals surface area contributed by atoms with Crippen molar-refractivity contribution < 1.29 is 14.3 Å². The number of Topliss-reactive ketones (excluding diaryl/α,β-unsaturated/α-hetero) is 1. The lowest BCUT2D eigenvalue weighted by Gasteiger charge is -2.12. The molecule has 2 rings (SSSR count). The van der Waals surface area contributed by atoms with Gasteiger partial charge in [0.1, 0.15) is 5.15 Å². The zero-order valence-corrected chi connectivity index (χ0v) is 14.0. The van der Waals surface area contributed by atoms with E-state index in [1.807, 2.05) is 0 Å². The highest BCUT2D eigenvalue weighted by Crippen LogP contribution is 2.32. The maximum Gasteiger partial charge on any atom is 0.322 e. The van der Waals surface area contributed by atoms with Gasteiger partial charge in [0.25, 0.3) is 0 Å². The van der Waals surface area contributed by atoms with Crippen molar-refractivity contribution in [2.45, 2.75) is 25.8 Å². The number of ketones is 1. The Kier molecular flexibility index (Phi) is 5.78. The molecule has 0 aliphatic heterocycles. The number of carbonyl (C=O) groups excluding carboxylic acids is 2. The van der Waals surface area contributed by atoms with Gasteiger partial charge in [0.2, 0.25) is 0 Å². The summed E-state index contributed by atoms with van der Waals surface area (Å²) in [6.07, 6.45) is 4.41. The van der Waals surface area contributed by atoms with Crippen LogP contribution in [0.3, 0.4) is 0 Å². The maximum absolute atomic E-state index is 12.6. The third-order valence-corrected chi connectivity index (χ3v) is 4.24. The Morgan fingerprint density at radius 3 is 2.68 bits per heavy atom. The number of aromatic nitrogens is 1. The molecule has 0 saturated heterocycles. The van der Waals surface area contributed by atoms with Crippen LogP contribution < -0.4 is 0 Å². The predicted octanol–water partition coefficient (Wildman–Crippen LogP) is 3.64. The Balaban J connectivity index is 2.31. The number of ether oxygens (including phenoxy) is 1. The van der Waals surface area contributed by atoms with E-state index in [-0.39, 0.29) is 33.4 Å². The van der Waals surface area contributed by atoms with Crippen molar-refractivity contribution in [2.24, 2.45) is 10.9 Å². The second-order valence-electron chi connectivity index (χ2n) is 4.71. The molecule has 1 aliphatic carbocycles. The van der Waals surface area contributed by atoms with E-state index in [0.717, 1.165) is 12.8 Å². The number of carbonyl (C=O) groups is 2.